The predicted octanol–water partition coefficient (Wildman–Crippen LogP) is 1.71. The molecule has 7 nitrogen and oxygen atoms in total. The van der Waals surface area contributed by atoms with Crippen molar-refractivity contribution in [1.29, 1.82) is 0 Å². The van der Waals surface area contributed by atoms with Gasteiger partial charge in [0.05, 0.1) is 25.9 Å². The van der Waals surface area contributed by atoms with Crippen LogP contribution in [0.2, 0.25) is 0 Å². The molecule has 1 aliphatic rings. The molecule has 1 aromatic rings. The topological polar surface area (TPSA) is 72.4 Å². The average molecular weight is 295 g/mol. The number of anilines is 2. The van der Waals surface area contributed by atoms with Gasteiger partial charge in [-0.3, -0.25) is 0 Å². The molecule has 7 heteroatoms. The quantitative estimate of drug-likeness (QED) is 0.821. The molecule has 0 saturated carbocycles. The first kappa shape index (κ1) is 15.8. The number of nitrogens with one attached hydrogen (secondary N) is 1. The van der Waals surface area contributed by atoms with Crippen LogP contribution in [0.15, 0.2) is 0 Å². The molecule has 2 heterocycles. The number of hydrogen-bond acceptors (Lipinski definition) is 7. The maximum atomic E-state index is 5.58. The number of rotatable bonds is 7. The number of aromatic nitrogens is 3. The minimum Gasteiger partial charge on any atom is -0.463 e. The maximum Gasteiger partial charge on any atom is 0.323 e. The SMILES string of the molecule is CCCNc1nc(OCCC)nc(N2CCOCC2C)n1. The standard InChI is InChI=1S/C14H25N5O2/c1-4-6-15-12-16-13(18-14(17-12)21-8-5-2)19-7-9-20-10-11(19)3/h11H,4-10H2,1-3H3,(H,15,16,17,18). The highest BCUT2D eigenvalue weighted by Crippen LogP contribution is 2.19. The zero-order valence-electron chi connectivity index (χ0n) is 13.1. The molecule has 1 fully saturated rings. The summed E-state index contributed by atoms with van der Waals surface area (Å²) in [5, 5.41) is 3.21. The van der Waals surface area contributed by atoms with Crippen LogP contribution in [0.4, 0.5) is 11.9 Å². The van der Waals surface area contributed by atoms with Gasteiger partial charge >= 0.3 is 6.01 Å². The van der Waals surface area contributed by atoms with Crippen molar-refractivity contribution < 1.29 is 9.47 Å². The van der Waals surface area contributed by atoms with E-state index in [0.29, 0.717) is 37.7 Å². The monoisotopic (exact) mass is 295 g/mol. The fourth-order valence-electron chi connectivity index (χ4n) is 2.07. The maximum absolute atomic E-state index is 5.58. The lowest BCUT2D eigenvalue weighted by Crippen LogP contribution is -2.44. The summed E-state index contributed by atoms with van der Waals surface area (Å²) in [4.78, 5) is 15.4. The van der Waals surface area contributed by atoms with Crippen molar-refractivity contribution >= 4 is 11.9 Å². The Bertz CT molecular complexity index is 417. The zero-order chi connectivity index (χ0) is 15.1. The van der Waals surface area contributed by atoms with E-state index in [1.165, 1.54) is 0 Å². The molecule has 0 radical (unpaired) electrons. The molecule has 1 saturated heterocycles. The molecule has 2 rings (SSSR count). The third-order valence-corrected chi connectivity index (χ3v) is 3.20. The van der Waals surface area contributed by atoms with E-state index in [9.17, 15) is 0 Å². The molecule has 0 aliphatic carbocycles. The van der Waals surface area contributed by atoms with E-state index in [0.717, 1.165) is 25.9 Å². The predicted molar refractivity (Wildman–Crippen MR) is 82.0 cm³/mol. The van der Waals surface area contributed by atoms with Gasteiger partial charge in [-0.25, -0.2) is 0 Å². The van der Waals surface area contributed by atoms with Gasteiger partial charge in [-0.2, -0.15) is 15.0 Å². The summed E-state index contributed by atoms with van der Waals surface area (Å²) in [6.45, 7) is 9.87. The molecule has 0 amide bonds. The molecule has 1 unspecified atom stereocenters. The summed E-state index contributed by atoms with van der Waals surface area (Å²) in [7, 11) is 0. The van der Waals surface area contributed by atoms with Crippen LogP contribution < -0.4 is 15.0 Å². The number of ether oxygens (including phenoxy) is 2. The second-order valence-corrected chi connectivity index (χ2v) is 5.13. The van der Waals surface area contributed by atoms with Crippen LogP contribution >= 0.6 is 0 Å². The van der Waals surface area contributed by atoms with Crippen LogP contribution in [-0.2, 0) is 4.74 Å². The molecule has 0 spiro atoms. The van der Waals surface area contributed by atoms with Crippen LogP contribution in [0.3, 0.4) is 0 Å². The van der Waals surface area contributed by atoms with E-state index in [1.807, 2.05) is 0 Å². The van der Waals surface area contributed by atoms with Gasteiger partial charge < -0.3 is 19.7 Å². The van der Waals surface area contributed by atoms with Gasteiger partial charge in [0.2, 0.25) is 11.9 Å². The third-order valence-electron chi connectivity index (χ3n) is 3.20. The van der Waals surface area contributed by atoms with Gasteiger partial charge in [0.25, 0.3) is 0 Å². The fourth-order valence-corrected chi connectivity index (χ4v) is 2.07. The highest BCUT2D eigenvalue weighted by Gasteiger charge is 2.23. The summed E-state index contributed by atoms with van der Waals surface area (Å²) in [6, 6.07) is 0.637. The van der Waals surface area contributed by atoms with Gasteiger partial charge in [-0.05, 0) is 19.8 Å². The van der Waals surface area contributed by atoms with Gasteiger partial charge in [0, 0.05) is 13.1 Å². The molecule has 21 heavy (non-hydrogen) atoms. The lowest BCUT2D eigenvalue weighted by atomic mass is 10.3. The first-order valence-corrected chi connectivity index (χ1v) is 7.71. The van der Waals surface area contributed by atoms with Crippen molar-refractivity contribution in [2.75, 3.05) is 43.1 Å². The molecule has 0 aromatic carbocycles. The minimum atomic E-state index is 0.249. The molecule has 118 valence electrons. The Kier molecular flexibility index (Phi) is 5.98. The second-order valence-electron chi connectivity index (χ2n) is 5.13. The van der Waals surface area contributed by atoms with Crippen LogP contribution in [0.1, 0.15) is 33.6 Å². The summed E-state index contributed by atoms with van der Waals surface area (Å²) < 4.78 is 11.0. The molecular weight excluding hydrogens is 270 g/mol. The van der Waals surface area contributed by atoms with E-state index in [2.05, 4.69) is 45.9 Å². The Morgan fingerprint density at radius 2 is 2.14 bits per heavy atom. The first-order chi connectivity index (χ1) is 10.2. The highest BCUT2D eigenvalue weighted by atomic mass is 16.5. The number of hydrogen-bond donors (Lipinski definition) is 1. The van der Waals surface area contributed by atoms with E-state index in [1.54, 1.807) is 0 Å². The summed E-state index contributed by atoms with van der Waals surface area (Å²) >= 11 is 0. The Morgan fingerprint density at radius 1 is 1.29 bits per heavy atom. The van der Waals surface area contributed by atoms with Crippen molar-refractivity contribution in [2.45, 2.75) is 39.7 Å². The Hall–Kier alpha value is -1.63. The third kappa shape index (κ3) is 4.42. The Balaban J connectivity index is 2.20. The second kappa shape index (κ2) is 7.97. The lowest BCUT2D eigenvalue weighted by molar-refractivity contribution is 0.0979. The average Bonchev–Trinajstić information content (AvgIpc) is 2.51. The highest BCUT2D eigenvalue weighted by molar-refractivity contribution is 5.39. The van der Waals surface area contributed by atoms with Crippen LogP contribution in [0, 0.1) is 0 Å². The van der Waals surface area contributed by atoms with Crippen molar-refractivity contribution in [3.05, 3.63) is 0 Å². The summed E-state index contributed by atoms with van der Waals surface area (Å²) in [5.41, 5.74) is 0. The van der Waals surface area contributed by atoms with Crippen molar-refractivity contribution in [2.24, 2.45) is 0 Å². The molecule has 1 aliphatic heterocycles. The summed E-state index contributed by atoms with van der Waals surface area (Å²) in [5.74, 6) is 1.23. The van der Waals surface area contributed by atoms with E-state index >= 15 is 0 Å². The van der Waals surface area contributed by atoms with Crippen molar-refractivity contribution in [3.8, 4) is 6.01 Å². The smallest absolute Gasteiger partial charge is 0.323 e. The minimum absolute atomic E-state index is 0.249. The normalized spacial score (nSPS) is 18.6. The zero-order valence-corrected chi connectivity index (χ0v) is 13.1. The van der Waals surface area contributed by atoms with Crippen LogP contribution in [0.25, 0.3) is 0 Å². The van der Waals surface area contributed by atoms with Crippen LogP contribution in [0.5, 0.6) is 6.01 Å². The van der Waals surface area contributed by atoms with Crippen molar-refractivity contribution in [3.63, 3.8) is 0 Å². The molecule has 0 bridgehead atoms. The molecule has 1 N–H and O–H groups in total. The van der Waals surface area contributed by atoms with Gasteiger partial charge in [0.1, 0.15) is 0 Å². The fraction of sp³-hybridized carbons (Fsp3) is 0.786. The largest absolute Gasteiger partial charge is 0.463 e. The van der Waals surface area contributed by atoms with E-state index in [4.69, 9.17) is 9.47 Å². The lowest BCUT2D eigenvalue weighted by Gasteiger charge is -2.33. The Morgan fingerprint density at radius 3 is 2.86 bits per heavy atom. The van der Waals surface area contributed by atoms with Crippen molar-refractivity contribution in [1.82, 2.24) is 15.0 Å². The summed E-state index contributed by atoms with van der Waals surface area (Å²) in [6.07, 6.45) is 1.94. The van der Waals surface area contributed by atoms with Gasteiger partial charge in [-0.15, -0.1) is 0 Å². The molecule has 1 aromatic heterocycles. The van der Waals surface area contributed by atoms with Crippen LogP contribution in [-0.4, -0.2) is 53.9 Å². The number of nitrogens with zero attached hydrogens (tertiary/aromatic N) is 4. The molecule has 1 atom stereocenters. The van der Waals surface area contributed by atoms with E-state index < -0.39 is 0 Å². The Labute approximate surface area is 126 Å². The molecular formula is C14H25N5O2. The van der Waals surface area contributed by atoms with Gasteiger partial charge in [-0.1, -0.05) is 13.8 Å². The number of morpholine rings is 1. The van der Waals surface area contributed by atoms with E-state index in [-0.39, 0.29) is 6.04 Å². The first-order valence-electron chi connectivity index (χ1n) is 7.71. The van der Waals surface area contributed by atoms with Gasteiger partial charge in [0.15, 0.2) is 0 Å².